The summed E-state index contributed by atoms with van der Waals surface area (Å²) in [7, 11) is -3.70. The fourth-order valence-electron chi connectivity index (χ4n) is 4.44. The highest BCUT2D eigenvalue weighted by atomic mass is 32.2. The molecule has 0 radical (unpaired) electrons. The van der Waals surface area contributed by atoms with Crippen molar-refractivity contribution in [3.05, 3.63) is 66.0 Å². The molecule has 0 bridgehead atoms. The summed E-state index contributed by atoms with van der Waals surface area (Å²) < 4.78 is 40.8. The normalized spacial score (nSPS) is 20.8. The first-order chi connectivity index (χ1) is 14.9. The number of hydrogen-bond donors (Lipinski definition) is 1. The minimum absolute atomic E-state index is 0.0508. The third kappa shape index (κ3) is 5.31. The predicted molar refractivity (Wildman–Crippen MR) is 116 cm³/mol. The summed E-state index contributed by atoms with van der Waals surface area (Å²) in [5, 5.41) is 0. The Morgan fingerprint density at radius 2 is 1.65 bits per heavy atom. The molecule has 0 saturated carbocycles. The Morgan fingerprint density at radius 3 is 2.32 bits per heavy atom. The van der Waals surface area contributed by atoms with E-state index in [1.165, 1.54) is 17.7 Å². The Kier molecular flexibility index (Phi) is 6.69. The number of hydrogen-bond acceptors (Lipinski definition) is 4. The van der Waals surface area contributed by atoms with Crippen LogP contribution in [0.5, 0.6) is 0 Å². The number of sulfonamides is 1. The zero-order valence-electron chi connectivity index (χ0n) is 17.4. The SMILES string of the molecule is O=C(C1CCCN1Cc1ccccc1)N1CCC(NS(=O)(=O)c2ccc(F)cc2)CC1. The first-order valence-corrected chi connectivity index (χ1v) is 12.3. The molecule has 2 aromatic carbocycles. The van der Waals surface area contributed by atoms with E-state index < -0.39 is 15.8 Å². The second-order valence-electron chi connectivity index (χ2n) is 8.29. The van der Waals surface area contributed by atoms with Crippen LogP contribution in [0.1, 0.15) is 31.2 Å². The van der Waals surface area contributed by atoms with Crippen LogP contribution in [0, 0.1) is 5.82 Å². The number of carbonyl (C=O) groups is 1. The van der Waals surface area contributed by atoms with Gasteiger partial charge in [0.15, 0.2) is 0 Å². The summed E-state index contributed by atoms with van der Waals surface area (Å²) in [5.74, 6) is -0.327. The van der Waals surface area contributed by atoms with E-state index in [1.54, 1.807) is 0 Å². The largest absolute Gasteiger partial charge is 0.341 e. The van der Waals surface area contributed by atoms with E-state index in [0.717, 1.165) is 38.1 Å². The van der Waals surface area contributed by atoms with Crippen molar-refractivity contribution in [3.63, 3.8) is 0 Å². The molecule has 2 saturated heterocycles. The number of nitrogens with one attached hydrogen (secondary N) is 1. The minimum Gasteiger partial charge on any atom is -0.341 e. The van der Waals surface area contributed by atoms with Gasteiger partial charge in [-0.25, -0.2) is 17.5 Å². The van der Waals surface area contributed by atoms with Gasteiger partial charge in [-0.15, -0.1) is 0 Å². The standard InChI is InChI=1S/C23H28FN3O3S/c24-19-8-10-21(11-9-19)31(29,30)25-20-12-15-26(16-13-20)23(28)22-7-4-14-27(22)17-18-5-2-1-3-6-18/h1-3,5-6,8-11,20,22,25H,4,7,12-17H2. The molecule has 2 aromatic rings. The zero-order valence-corrected chi connectivity index (χ0v) is 18.2. The molecule has 2 heterocycles. The number of piperidine rings is 1. The van der Waals surface area contributed by atoms with Gasteiger partial charge >= 0.3 is 0 Å². The van der Waals surface area contributed by atoms with Crippen molar-refractivity contribution < 1.29 is 17.6 Å². The lowest BCUT2D eigenvalue weighted by Gasteiger charge is -2.35. The topological polar surface area (TPSA) is 69.7 Å². The number of benzene rings is 2. The molecule has 1 atom stereocenters. The van der Waals surface area contributed by atoms with Crippen molar-refractivity contribution in [1.82, 2.24) is 14.5 Å². The second kappa shape index (κ2) is 9.46. The number of rotatable bonds is 6. The summed E-state index contributed by atoms with van der Waals surface area (Å²) in [6.07, 6.45) is 3.01. The van der Waals surface area contributed by atoms with E-state index in [2.05, 4.69) is 21.8 Å². The fourth-order valence-corrected chi connectivity index (χ4v) is 5.75. The molecule has 4 rings (SSSR count). The lowest BCUT2D eigenvalue weighted by atomic mass is 10.0. The van der Waals surface area contributed by atoms with Crippen molar-refractivity contribution in [2.75, 3.05) is 19.6 Å². The lowest BCUT2D eigenvalue weighted by Crippen LogP contribution is -2.51. The molecule has 166 valence electrons. The number of amides is 1. The Labute approximate surface area is 183 Å². The number of nitrogens with zero attached hydrogens (tertiary/aromatic N) is 2. The fraction of sp³-hybridized carbons (Fsp3) is 0.435. The van der Waals surface area contributed by atoms with E-state index in [9.17, 15) is 17.6 Å². The summed E-state index contributed by atoms with van der Waals surface area (Å²) in [6.45, 7) is 2.75. The van der Waals surface area contributed by atoms with Crippen LogP contribution in [-0.2, 0) is 21.4 Å². The highest BCUT2D eigenvalue weighted by Gasteiger charge is 2.35. The van der Waals surface area contributed by atoms with Gasteiger partial charge in [-0.2, -0.15) is 0 Å². The first kappa shape index (κ1) is 21.9. The van der Waals surface area contributed by atoms with Crippen LogP contribution in [-0.4, -0.2) is 55.8 Å². The first-order valence-electron chi connectivity index (χ1n) is 10.8. The van der Waals surface area contributed by atoms with Gasteiger partial charge in [-0.3, -0.25) is 9.69 Å². The molecule has 6 nitrogen and oxygen atoms in total. The van der Waals surface area contributed by atoms with Crippen LogP contribution in [0.15, 0.2) is 59.5 Å². The molecule has 31 heavy (non-hydrogen) atoms. The maximum absolute atomic E-state index is 13.2. The minimum atomic E-state index is -3.70. The van der Waals surface area contributed by atoms with Crippen LogP contribution in [0.4, 0.5) is 4.39 Å². The van der Waals surface area contributed by atoms with E-state index in [-0.39, 0.29) is 22.9 Å². The maximum atomic E-state index is 13.2. The average molecular weight is 446 g/mol. The van der Waals surface area contributed by atoms with E-state index >= 15 is 0 Å². The van der Waals surface area contributed by atoms with Crippen molar-refractivity contribution in [3.8, 4) is 0 Å². The van der Waals surface area contributed by atoms with Gasteiger partial charge in [0, 0.05) is 25.7 Å². The Bertz CT molecular complexity index is 990. The number of likely N-dealkylation sites (tertiary alicyclic amines) is 2. The molecule has 2 aliphatic heterocycles. The molecule has 1 unspecified atom stereocenters. The zero-order chi connectivity index (χ0) is 21.8. The lowest BCUT2D eigenvalue weighted by molar-refractivity contribution is -0.137. The van der Waals surface area contributed by atoms with Gasteiger partial charge < -0.3 is 4.90 Å². The van der Waals surface area contributed by atoms with Gasteiger partial charge in [0.1, 0.15) is 5.82 Å². The Morgan fingerprint density at radius 1 is 0.968 bits per heavy atom. The Balaban J connectivity index is 1.32. The van der Waals surface area contributed by atoms with Crippen LogP contribution in [0.25, 0.3) is 0 Å². The summed E-state index contributed by atoms with van der Waals surface area (Å²) >= 11 is 0. The van der Waals surface area contributed by atoms with E-state index in [1.807, 2.05) is 23.1 Å². The molecular weight excluding hydrogens is 417 g/mol. The van der Waals surface area contributed by atoms with Gasteiger partial charge in [0.05, 0.1) is 10.9 Å². The van der Waals surface area contributed by atoms with Gasteiger partial charge in [0.2, 0.25) is 15.9 Å². The van der Waals surface area contributed by atoms with Crippen LogP contribution in [0.2, 0.25) is 0 Å². The van der Waals surface area contributed by atoms with Crippen LogP contribution in [0.3, 0.4) is 0 Å². The Hall–Kier alpha value is -2.29. The maximum Gasteiger partial charge on any atom is 0.240 e. The monoisotopic (exact) mass is 445 g/mol. The third-order valence-corrected chi connectivity index (χ3v) is 7.67. The molecular formula is C23H28FN3O3S. The molecule has 0 aliphatic carbocycles. The summed E-state index contributed by atoms with van der Waals surface area (Å²) in [5.41, 5.74) is 1.20. The van der Waals surface area contributed by atoms with Crippen molar-refractivity contribution >= 4 is 15.9 Å². The van der Waals surface area contributed by atoms with Gasteiger partial charge in [-0.05, 0) is 62.1 Å². The summed E-state index contributed by atoms with van der Waals surface area (Å²) in [4.78, 5) is 17.3. The average Bonchev–Trinajstić information content (AvgIpc) is 3.22. The highest BCUT2D eigenvalue weighted by Crippen LogP contribution is 2.24. The molecule has 8 heteroatoms. The van der Waals surface area contributed by atoms with Gasteiger partial charge in [0.25, 0.3) is 0 Å². The van der Waals surface area contributed by atoms with Crippen LogP contribution >= 0.6 is 0 Å². The third-order valence-electron chi connectivity index (χ3n) is 6.13. The summed E-state index contributed by atoms with van der Waals surface area (Å²) in [6, 6.07) is 14.6. The molecule has 2 aliphatic rings. The van der Waals surface area contributed by atoms with Crippen molar-refractivity contribution in [2.24, 2.45) is 0 Å². The molecule has 1 amide bonds. The van der Waals surface area contributed by atoms with Crippen LogP contribution < -0.4 is 4.72 Å². The molecule has 2 fully saturated rings. The second-order valence-corrected chi connectivity index (χ2v) is 10.0. The van der Waals surface area contributed by atoms with Crippen molar-refractivity contribution in [1.29, 1.82) is 0 Å². The molecule has 0 aromatic heterocycles. The predicted octanol–water partition coefficient (Wildman–Crippen LogP) is 2.76. The van der Waals surface area contributed by atoms with E-state index in [4.69, 9.17) is 0 Å². The van der Waals surface area contributed by atoms with Crippen molar-refractivity contribution in [2.45, 2.75) is 49.2 Å². The number of halogens is 1. The molecule has 1 N–H and O–H groups in total. The highest BCUT2D eigenvalue weighted by molar-refractivity contribution is 7.89. The number of carbonyl (C=O) groups excluding carboxylic acids is 1. The quantitative estimate of drug-likeness (QED) is 0.742. The van der Waals surface area contributed by atoms with E-state index in [0.29, 0.717) is 25.9 Å². The molecule has 0 spiro atoms. The smallest absolute Gasteiger partial charge is 0.240 e. The van der Waals surface area contributed by atoms with Gasteiger partial charge in [-0.1, -0.05) is 30.3 Å².